The van der Waals surface area contributed by atoms with Crippen LogP contribution in [0.2, 0.25) is 0 Å². The van der Waals surface area contributed by atoms with Crippen LogP contribution in [0, 0.1) is 0 Å². The van der Waals surface area contributed by atoms with Crippen molar-refractivity contribution in [1.29, 1.82) is 0 Å². The Morgan fingerprint density at radius 2 is 1.30 bits per heavy atom. The molecule has 0 aliphatic carbocycles. The second-order valence-corrected chi connectivity index (χ2v) is 10.5. The molecule has 33 heavy (non-hydrogen) atoms. The van der Waals surface area contributed by atoms with Gasteiger partial charge in [-0.2, -0.15) is 0 Å². The molecule has 0 aromatic rings. The Kier molecular flexibility index (Phi) is 12.0. The summed E-state index contributed by atoms with van der Waals surface area (Å²) in [5, 5.41) is 17.5. The third-order valence-corrected chi connectivity index (χ3v) is 3.46. The fraction of sp³-hybridized carbons (Fsp3) is 0.818. The van der Waals surface area contributed by atoms with Gasteiger partial charge in [0.15, 0.2) is 0 Å². The molecule has 4 N–H and O–H groups in total. The molecule has 0 saturated carbocycles. The molecule has 0 aliphatic heterocycles. The summed E-state index contributed by atoms with van der Waals surface area (Å²) in [4.78, 5) is 40.3. The van der Waals surface area contributed by atoms with Crippen molar-refractivity contribution in [2.45, 2.75) is 111 Å². The van der Waals surface area contributed by atoms with Crippen molar-refractivity contribution in [3.05, 3.63) is 0 Å². The lowest BCUT2D eigenvalue weighted by atomic mass is 10.1. The second-order valence-electron chi connectivity index (χ2n) is 10.5. The Labute approximate surface area is 197 Å². The number of rotatable bonds is 8. The molecule has 2 unspecified atom stereocenters. The van der Waals surface area contributed by atoms with Crippen molar-refractivity contribution in [1.82, 2.24) is 16.0 Å². The van der Waals surface area contributed by atoms with E-state index in [1.54, 1.807) is 62.3 Å². The Balaban J connectivity index is 5.08. The summed E-state index contributed by atoms with van der Waals surface area (Å²) in [5.41, 5.74) is -2.07. The van der Waals surface area contributed by atoms with Gasteiger partial charge in [0.25, 0.3) is 0 Å². The van der Waals surface area contributed by atoms with E-state index in [1.807, 2.05) is 0 Å². The monoisotopic (exact) mass is 474 g/mol. The highest BCUT2D eigenvalue weighted by Gasteiger charge is 2.23. The van der Waals surface area contributed by atoms with E-state index in [9.17, 15) is 19.5 Å². The number of hydrogen-bond donors (Lipinski definition) is 4. The summed E-state index contributed by atoms with van der Waals surface area (Å²) >= 11 is 0. The van der Waals surface area contributed by atoms with Gasteiger partial charge in [0.2, 0.25) is 12.4 Å². The number of amides is 2. The van der Waals surface area contributed by atoms with E-state index in [2.05, 4.69) is 20.9 Å². The normalized spacial score (nSPS) is 14.0. The zero-order valence-corrected chi connectivity index (χ0v) is 21.6. The molecular formula is C22H42N4O7. The predicted molar refractivity (Wildman–Crippen MR) is 125 cm³/mol. The van der Waals surface area contributed by atoms with Gasteiger partial charge in [-0.15, -0.1) is 0 Å². The molecule has 0 bridgehead atoms. The molecule has 11 heteroatoms. The number of nitrogens with one attached hydrogen (secondary N) is 3. The number of hydrogen-bond acceptors (Lipinski definition) is 9. The molecule has 2 atom stereocenters. The maximum atomic E-state index is 12.1. The minimum atomic E-state index is -1.30. The largest absolute Gasteiger partial charge is 0.444 e. The van der Waals surface area contributed by atoms with Crippen LogP contribution in [0.1, 0.15) is 82.1 Å². The lowest BCUT2D eigenvalue weighted by molar-refractivity contribution is -0.186. The standard InChI is InChI=1S/C22H42N4O7/c1-14(27)15(24-17(28)31-20(2,3)4)12-11-13-23-16(25-18(29)32-21(5,6)7)26-19(30)33-22(8,9)10/h15,17,24,28H,11-13H2,1-10H3,(H2,23,25,26,29,30). The highest BCUT2D eigenvalue weighted by atomic mass is 16.6. The Morgan fingerprint density at radius 1 is 0.848 bits per heavy atom. The Morgan fingerprint density at radius 3 is 1.67 bits per heavy atom. The van der Waals surface area contributed by atoms with E-state index in [-0.39, 0.29) is 18.3 Å². The van der Waals surface area contributed by atoms with Crippen molar-refractivity contribution >= 4 is 23.9 Å². The van der Waals surface area contributed by atoms with E-state index in [1.165, 1.54) is 6.92 Å². The summed E-state index contributed by atoms with van der Waals surface area (Å²) < 4.78 is 15.8. The molecule has 192 valence electrons. The SMILES string of the molecule is CC(=O)C(CCCN=C(NC(=O)OC(C)(C)C)NC(=O)OC(C)(C)C)NC(O)OC(C)(C)C. The van der Waals surface area contributed by atoms with Gasteiger partial charge in [0, 0.05) is 6.54 Å². The maximum absolute atomic E-state index is 12.1. The minimum absolute atomic E-state index is 0.137. The van der Waals surface area contributed by atoms with E-state index in [0.29, 0.717) is 12.8 Å². The van der Waals surface area contributed by atoms with E-state index in [0.717, 1.165) is 0 Å². The fourth-order valence-corrected chi connectivity index (χ4v) is 2.34. The van der Waals surface area contributed by atoms with Gasteiger partial charge in [-0.05, 0) is 82.1 Å². The van der Waals surface area contributed by atoms with Gasteiger partial charge in [-0.1, -0.05) is 0 Å². The summed E-state index contributed by atoms with van der Waals surface area (Å²) in [6.45, 7) is 17.2. The highest BCUT2D eigenvalue weighted by Crippen LogP contribution is 2.10. The quantitative estimate of drug-likeness (QED) is 0.182. The summed E-state index contributed by atoms with van der Waals surface area (Å²) in [6, 6.07) is -0.654. The van der Waals surface area contributed by atoms with Gasteiger partial charge < -0.3 is 19.3 Å². The number of carbonyl (C=O) groups is 3. The lowest BCUT2D eigenvalue weighted by Crippen LogP contribution is -2.47. The molecule has 2 amide bonds. The molecule has 0 radical (unpaired) electrons. The number of nitrogens with zero attached hydrogens (tertiary/aromatic N) is 1. The van der Waals surface area contributed by atoms with Crippen LogP contribution in [0.15, 0.2) is 4.99 Å². The highest BCUT2D eigenvalue weighted by molar-refractivity contribution is 6.01. The average Bonchev–Trinajstić information content (AvgIpc) is 2.51. The van der Waals surface area contributed by atoms with Crippen LogP contribution in [0.25, 0.3) is 0 Å². The van der Waals surface area contributed by atoms with Crippen LogP contribution in [-0.2, 0) is 19.0 Å². The number of aliphatic hydroxyl groups excluding tert-OH is 1. The van der Waals surface area contributed by atoms with Gasteiger partial charge in [-0.25, -0.2) is 9.59 Å². The lowest BCUT2D eigenvalue weighted by Gasteiger charge is -2.27. The van der Waals surface area contributed by atoms with E-state index >= 15 is 0 Å². The summed E-state index contributed by atoms with van der Waals surface area (Å²) in [6.07, 6.45) is -2.13. The summed E-state index contributed by atoms with van der Waals surface area (Å²) in [5.74, 6) is -0.309. The van der Waals surface area contributed by atoms with Gasteiger partial charge in [-0.3, -0.25) is 25.7 Å². The minimum Gasteiger partial charge on any atom is -0.444 e. The first kappa shape index (κ1) is 30.8. The maximum Gasteiger partial charge on any atom is 0.414 e. The van der Waals surface area contributed by atoms with Gasteiger partial charge >= 0.3 is 12.2 Å². The number of guanidine groups is 1. The first-order valence-electron chi connectivity index (χ1n) is 10.9. The van der Waals surface area contributed by atoms with Gasteiger partial charge in [0.1, 0.15) is 17.0 Å². The smallest absolute Gasteiger partial charge is 0.414 e. The zero-order chi connectivity index (χ0) is 26.0. The number of alkyl carbamates (subject to hydrolysis) is 2. The Bertz CT molecular complexity index is 656. The number of Topliss-reactive ketones (excluding diaryl/α,β-unsaturated/α-hetero) is 1. The van der Waals surface area contributed by atoms with Crippen LogP contribution < -0.4 is 16.0 Å². The number of aliphatic hydroxyl groups is 1. The predicted octanol–water partition coefficient (Wildman–Crippen LogP) is 2.81. The third kappa shape index (κ3) is 17.9. The van der Waals surface area contributed by atoms with Crippen LogP contribution in [0.5, 0.6) is 0 Å². The molecule has 0 aromatic heterocycles. The number of aliphatic imine (C=N–C) groups is 1. The number of ether oxygens (including phenoxy) is 3. The first-order chi connectivity index (χ1) is 14.8. The zero-order valence-electron chi connectivity index (χ0n) is 21.6. The molecule has 0 aromatic carbocycles. The fourth-order valence-electron chi connectivity index (χ4n) is 2.34. The number of ketones is 1. The van der Waals surface area contributed by atoms with Crippen molar-refractivity contribution < 1.29 is 33.7 Å². The topological polar surface area (TPSA) is 148 Å². The molecule has 0 saturated heterocycles. The Hall–Kier alpha value is -2.24. The third-order valence-electron chi connectivity index (χ3n) is 3.46. The molecule has 0 spiro atoms. The second kappa shape index (κ2) is 12.9. The van der Waals surface area contributed by atoms with Crippen LogP contribution in [-0.4, -0.2) is 64.8 Å². The average molecular weight is 475 g/mol. The van der Waals surface area contributed by atoms with E-state index in [4.69, 9.17) is 14.2 Å². The van der Waals surface area contributed by atoms with Gasteiger partial charge in [0.05, 0.1) is 11.6 Å². The van der Waals surface area contributed by atoms with Crippen molar-refractivity contribution in [2.24, 2.45) is 4.99 Å². The van der Waals surface area contributed by atoms with Crippen molar-refractivity contribution in [2.75, 3.05) is 6.54 Å². The molecule has 0 aliphatic rings. The van der Waals surface area contributed by atoms with Crippen LogP contribution >= 0.6 is 0 Å². The molecular weight excluding hydrogens is 432 g/mol. The van der Waals surface area contributed by atoms with Crippen molar-refractivity contribution in [3.63, 3.8) is 0 Å². The molecule has 11 nitrogen and oxygen atoms in total. The number of carbonyl (C=O) groups excluding carboxylic acids is 3. The molecule has 0 fully saturated rings. The van der Waals surface area contributed by atoms with Crippen molar-refractivity contribution in [3.8, 4) is 0 Å². The van der Waals surface area contributed by atoms with Crippen LogP contribution in [0.4, 0.5) is 9.59 Å². The summed E-state index contributed by atoms with van der Waals surface area (Å²) in [7, 11) is 0. The molecule has 0 rings (SSSR count). The first-order valence-corrected chi connectivity index (χ1v) is 10.9. The molecule has 0 heterocycles. The van der Waals surface area contributed by atoms with Crippen LogP contribution in [0.3, 0.4) is 0 Å². The van der Waals surface area contributed by atoms with E-state index < -0.39 is 41.4 Å².